The minimum absolute atomic E-state index is 0.0464. The van der Waals surface area contributed by atoms with Crippen LogP contribution in [0.25, 0.3) is 0 Å². The van der Waals surface area contributed by atoms with Crippen molar-refractivity contribution in [3.63, 3.8) is 0 Å². The molecular formula is C17H27N3O5. The van der Waals surface area contributed by atoms with Gasteiger partial charge in [-0.1, -0.05) is 13.8 Å². The van der Waals surface area contributed by atoms with Gasteiger partial charge in [-0.15, -0.1) is 10.2 Å². The Labute approximate surface area is 147 Å². The summed E-state index contributed by atoms with van der Waals surface area (Å²) in [6, 6.07) is 0. The van der Waals surface area contributed by atoms with Crippen molar-refractivity contribution in [3.05, 3.63) is 11.8 Å². The van der Waals surface area contributed by atoms with Gasteiger partial charge in [0.05, 0.1) is 25.9 Å². The summed E-state index contributed by atoms with van der Waals surface area (Å²) in [6.07, 6.45) is 1.28. The highest BCUT2D eigenvalue weighted by Crippen LogP contribution is 2.24. The van der Waals surface area contributed by atoms with E-state index in [0.29, 0.717) is 38.1 Å². The molecular weight excluding hydrogens is 326 g/mol. The van der Waals surface area contributed by atoms with Crippen molar-refractivity contribution < 1.29 is 23.4 Å². The third kappa shape index (κ3) is 4.56. The Morgan fingerprint density at radius 1 is 1.28 bits per heavy atom. The van der Waals surface area contributed by atoms with Crippen LogP contribution in [0.3, 0.4) is 0 Å². The third-order valence-electron chi connectivity index (χ3n) is 4.51. The minimum Gasteiger partial charge on any atom is -0.422 e. The molecule has 3 heterocycles. The molecule has 1 aromatic heterocycles. The van der Waals surface area contributed by atoms with Crippen LogP contribution >= 0.6 is 0 Å². The zero-order valence-electron chi connectivity index (χ0n) is 15.1. The molecule has 2 saturated heterocycles. The summed E-state index contributed by atoms with van der Waals surface area (Å²) >= 11 is 0. The third-order valence-corrected chi connectivity index (χ3v) is 4.51. The minimum atomic E-state index is -0.503. The number of morpholine rings is 1. The van der Waals surface area contributed by atoms with Gasteiger partial charge in [0.1, 0.15) is 6.10 Å². The molecule has 25 heavy (non-hydrogen) atoms. The van der Waals surface area contributed by atoms with E-state index in [9.17, 15) is 4.79 Å². The first-order valence-corrected chi connectivity index (χ1v) is 9.01. The van der Waals surface area contributed by atoms with E-state index in [0.717, 1.165) is 19.4 Å². The smallest absolute Gasteiger partial charge is 0.251 e. The topological polar surface area (TPSA) is 86.9 Å². The molecule has 2 aliphatic rings. The van der Waals surface area contributed by atoms with Gasteiger partial charge < -0.3 is 23.5 Å². The molecule has 0 N–H and O–H groups in total. The number of aromatic nitrogens is 2. The molecule has 0 bridgehead atoms. The van der Waals surface area contributed by atoms with Crippen LogP contribution in [0.2, 0.25) is 0 Å². The summed E-state index contributed by atoms with van der Waals surface area (Å²) in [7, 11) is 0. The Bertz CT molecular complexity index is 570. The van der Waals surface area contributed by atoms with Gasteiger partial charge in [-0.05, 0) is 19.8 Å². The van der Waals surface area contributed by atoms with Crippen LogP contribution in [0, 0.1) is 0 Å². The highest BCUT2D eigenvalue weighted by atomic mass is 16.5. The van der Waals surface area contributed by atoms with Crippen LogP contribution in [0.4, 0.5) is 0 Å². The number of carbonyl (C=O) groups is 1. The first-order chi connectivity index (χ1) is 12.0. The number of nitrogens with zero attached hydrogens (tertiary/aromatic N) is 3. The summed E-state index contributed by atoms with van der Waals surface area (Å²) in [5.74, 6) is 1.12. The maximum absolute atomic E-state index is 12.6. The molecule has 0 spiro atoms. The molecule has 1 amide bonds. The van der Waals surface area contributed by atoms with Crippen molar-refractivity contribution in [2.75, 3.05) is 32.9 Å². The Kier molecular flexibility index (Phi) is 6.03. The van der Waals surface area contributed by atoms with Crippen molar-refractivity contribution in [2.45, 2.75) is 57.8 Å². The summed E-state index contributed by atoms with van der Waals surface area (Å²) in [5, 5.41) is 8.09. The standard InChI is InChI=1S/C17H27N3O5/c1-11(2)15-18-19-16(25-15)14-9-20(6-8-23-14)17(21)12(3)24-10-13-5-4-7-22-13/h11-14H,4-10H2,1-3H3/t12-,13+,14+/m0/s1. The Balaban J connectivity index is 1.53. The van der Waals surface area contributed by atoms with E-state index in [2.05, 4.69) is 10.2 Å². The fourth-order valence-electron chi connectivity index (χ4n) is 2.96. The lowest BCUT2D eigenvalue weighted by Gasteiger charge is -2.33. The van der Waals surface area contributed by atoms with E-state index >= 15 is 0 Å². The van der Waals surface area contributed by atoms with Crippen molar-refractivity contribution in [1.82, 2.24) is 15.1 Å². The average molecular weight is 353 g/mol. The summed E-state index contributed by atoms with van der Waals surface area (Å²) in [5.41, 5.74) is 0. The van der Waals surface area contributed by atoms with Crippen molar-refractivity contribution >= 4 is 5.91 Å². The largest absolute Gasteiger partial charge is 0.422 e. The van der Waals surface area contributed by atoms with Crippen LogP contribution in [0.15, 0.2) is 4.42 Å². The number of carbonyl (C=O) groups excluding carboxylic acids is 1. The van der Waals surface area contributed by atoms with E-state index in [1.165, 1.54) is 0 Å². The fourth-order valence-corrected chi connectivity index (χ4v) is 2.96. The number of hydrogen-bond donors (Lipinski definition) is 0. The predicted octanol–water partition coefficient (Wildman–Crippen LogP) is 1.68. The fraction of sp³-hybridized carbons (Fsp3) is 0.824. The normalized spacial score (nSPS) is 25.5. The first-order valence-electron chi connectivity index (χ1n) is 9.01. The lowest BCUT2D eigenvalue weighted by molar-refractivity contribution is -0.152. The molecule has 2 aliphatic heterocycles. The van der Waals surface area contributed by atoms with Gasteiger partial charge in [-0.3, -0.25) is 4.79 Å². The maximum Gasteiger partial charge on any atom is 0.251 e. The van der Waals surface area contributed by atoms with Crippen molar-refractivity contribution in [1.29, 1.82) is 0 Å². The summed E-state index contributed by atoms with van der Waals surface area (Å²) < 4.78 is 22.6. The first kappa shape index (κ1) is 18.3. The lowest BCUT2D eigenvalue weighted by atomic mass is 10.2. The van der Waals surface area contributed by atoms with Crippen LogP contribution in [-0.2, 0) is 19.0 Å². The number of ether oxygens (including phenoxy) is 3. The molecule has 1 aromatic rings. The van der Waals surface area contributed by atoms with Crippen LogP contribution in [0.5, 0.6) is 0 Å². The SMILES string of the molecule is CC(C)c1nnc([C@H]2CN(C(=O)[C@H](C)OC[C@H]3CCCO3)CCO2)o1. The van der Waals surface area contributed by atoms with Crippen LogP contribution < -0.4 is 0 Å². The van der Waals surface area contributed by atoms with E-state index in [4.69, 9.17) is 18.6 Å². The van der Waals surface area contributed by atoms with Gasteiger partial charge in [-0.25, -0.2) is 0 Å². The summed E-state index contributed by atoms with van der Waals surface area (Å²) in [6.45, 7) is 8.37. The van der Waals surface area contributed by atoms with E-state index in [-0.39, 0.29) is 24.0 Å². The monoisotopic (exact) mass is 353 g/mol. The van der Waals surface area contributed by atoms with Gasteiger partial charge in [0.2, 0.25) is 11.8 Å². The summed E-state index contributed by atoms with van der Waals surface area (Å²) in [4.78, 5) is 14.4. The van der Waals surface area contributed by atoms with Gasteiger partial charge in [0.15, 0.2) is 6.10 Å². The molecule has 0 saturated carbocycles. The number of amides is 1. The molecule has 0 aliphatic carbocycles. The van der Waals surface area contributed by atoms with Crippen LogP contribution in [0.1, 0.15) is 57.4 Å². The molecule has 3 atom stereocenters. The maximum atomic E-state index is 12.6. The second kappa shape index (κ2) is 8.25. The molecule has 2 fully saturated rings. The van der Waals surface area contributed by atoms with E-state index < -0.39 is 6.10 Å². The van der Waals surface area contributed by atoms with E-state index in [1.54, 1.807) is 11.8 Å². The molecule has 0 radical (unpaired) electrons. The van der Waals surface area contributed by atoms with Gasteiger partial charge in [-0.2, -0.15) is 0 Å². The van der Waals surface area contributed by atoms with Crippen LogP contribution in [-0.4, -0.2) is 66.1 Å². The Morgan fingerprint density at radius 3 is 2.80 bits per heavy atom. The second-order valence-corrected chi connectivity index (χ2v) is 6.89. The van der Waals surface area contributed by atoms with Crippen molar-refractivity contribution in [3.8, 4) is 0 Å². The average Bonchev–Trinajstić information content (AvgIpc) is 3.30. The highest BCUT2D eigenvalue weighted by molar-refractivity contribution is 5.80. The highest BCUT2D eigenvalue weighted by Gasteiger charge is 2.32. The number of rotatable bonds is 6. The Hall–Kier alpha value is -1.51. The molecule has 3 rings (SSSR count). The van der Waals surface area contributed by atoms with Gasteiger partial charge in [0.25, 0.3) is 5.91 Å². The lowest BCUT2D eigenvalue weighted by Crippen LogP contribution is -2.47. The molecule has 0 aromatic carbocycles. The zero-order valence-corrected chi connectivity index (χ0v) is 15.1. The van der Waals surface area contributed by atoms with Gasteiger partial charge >= 0.3 is 0 Å². The molecule has 0 unspecified atom stereocenters. The Morgan fingerprint density at radius 2 is 2.12 bits per heavy atom. The molecule has 8 heteroatoms. The second-order valence-electron chi connectivity index (χ2n) is 6.89. The number of hydrogen-bond acceptors (Lipinski definition) is 7. The van der Waals surface area contributed by atoms with Crippen molar-refractivity contribution in [2.24, 2.45) is 0 Å². The molecule has 140 valence electrons. The zero-order chi connectivity index (χ0) is 17.8. The molecule has 8 nitrogen and oxygen atoms in total. The predicted molar refractivity (Wildman–Crippen MR) is 88.0 cm³/mol. The van der Waals surface area contributed by atoms with E-state index in [1.807, 2.05) is 13.8 Å². The quantitative estimate of drug-likeness (QED) is 0.769. The van der Waals surface area contributed by atoms with Gasteiger partial charge in [0, 0.05) is 19.1 Å².